The van der Waals surface area contributed by atoms with E-state index in [1.807, 2.05) is 11.3 Å². The summed E-state index contributed by atoms with van der Waals surface area (Å²) < 4.78 is 5.60. The van der Waals surface area contributed by atoms with Crippen LogP contribution in [0.4, 0.5) is 0 Å². The maximum absolute atomic E-state index is 5.60. The van der Waals surface area contributed by atoms with Gasteiger partial charge in [-0.05, 0) is 36.4 Å². The summed E-state index contributed by atoms with van der Waals surface area (Å²) in [5, 5.41) is 9.38. The fraction of sp³-hybridized carbons (Fsp3) is 0.733. The average Bonchev–Trinajstić information content (AvgIpc) is 3.05. The second kappa shape index (κ2) is 8.00. The van der Waals surface area contributed by atoms with Crippen molar-refractivity contribution in [2.24, 2.45) is 5.92 Å². The van der Waals surface area contributed by atoms with Crippen molar-refractivity contribution in [3.05, 3.63) is 21.9 Å². The van der Waals surface area contributed by atoms with Gasteiger partial charge in [0.15, 0.2) is 0 Å². The Labute approximate surface area is 120 Å². The molecule has 2 N–H and O–H groups in total. The first-order valence-corrected chi connectivity index (χ1v) is 8.30. The van der Waals surface area contributed by atoms with Crippen LogP contribution in [0.15, 0.2) is 11.4 Å². The van der Waals surface area contributed by atoms with Crippen LogP contribution in [-0.4, -0.2) is 32.3 Å². The molecule has 2 unspecified atom stereocenters. The molecule has 0 radical (unpaired) electrons. The summed E-state index contributed by atoms with van der Waals surface area (Å²) in [6, 6.07) is 2.77. The number of ether oxygens (including phenoxy) is 1. The first-order valence-electron chi connectivity index (χ1n) is 7.42. The average molecular weight is 282 g/mol. The Bertz CT molecular complexity index is 367. The Morgan fingerprint density at radius 1 is 1.37 bits per heavy atom. The lowest BCUT2D eigenvalue weighted by atomic mass is 10.0. The van der Waals surface area contributed by atoms with Gasteiger partial charge in [0.25, 0.3) is 0 Å². The molecule has 0 amide bonds. The van der Waals surface area contributed by atoms with E-state index in [0.717, 1.165) is 39.3 Å². The van der Waals surface area contributed by atoms with Crippen LogP contribution < -0.4 is 10.6 Å². The molecule has 0 aromatic carbocycles. The van der Waals surface area contributed by atoms with Gasteiger partial charge in [0, 0.05) is 29.9 Å². The lowest BCUT2D eigenvalue weighted by Crippen LogP contribution is -2.40. The van der Waals surface area contributed by atoms with Gasteiger partial charge >= 0.3 is 0 Å². The summed E-state index contributed by atoms with van der Waals surface area (Å²) in [7, 11) is 0. The summed E-state index contributed by atoms with van der Waals surface area (Å²) >= 11 is 1.86. The third kappa shape index (κ3) is 4.28. The number of thiophene rings is 1. The van der Waals surface area contributed by atoms with Gasteiger partial charge in [-0.25, -0.2) is 0 Å². The highest BCUT2D eigenvalue weighted by atomic mass is 32.1. The molecule has 0 aliphatic carbocycles. The van der Waals surface area contributed by atoms with Crippen LogP contribution in [0.3, 0.4) is 0 Å². The standard InChI is InChI=1S/C15H26N2OS/c1-3-6-17-14-11-18-10-13(14)8-16-9-15-12(4-2)5-7-19-15/h5,7,13-14,16-17H,3-4,6,8-11H2,1-2H3. The van der Waals surface area contributed by atoms with Gasteiger partial charge in [-0.2, -0.15) is 0 Å². The van der Waals surface area contributed by atoms with Crippen LogP contribution in [0.25, 0.3) is 0 Å². The maximum Gasteiger partial charge on any atom is 0.0623 e. The highest BCUT2D eigenvalue weighted by Gasteiger charge is 2.27. The Morgan fingerprint density at radius 2 is 2.26 bits per heavy atom. The van der Waals surface area contributed by atoms with E-state index in [1.54, 1.807) is 0 Å². The van der Waals surface area contributed by atoms with Crippen LogP contribution >= 0.6 is 11.3 Å². The molecule has 2 rings (SSSR count). The summed E-state index contributed by atoms with van der Waals surface area (Å²) in [5.74, 6) is 0.608. The van der Waals surface area contributed by atoms with E-state index >= 15 is 0 Å². The minimum atomic E-state index is 0.529. The Morgan fingerprint density at radius 3 is 3.05 bits per heavy atom. The molecule has 1 aromatic rings. The normalized spacial score (nSPS) is 23.1. The number of rotatable bonds is 8. The molecular formula is C15H26N2OS. The fourth-order valence-electron chi connectivity index (χ4n) is 2.56. The first kappa shape index (κ1) is 15.0. The van der Waals surface area contributed by atoms with Gasteiger partial charge in [-0.15, -0.1) is 11.3 Å². The SMILES string of the molecule is CCCNC1COCC1CNCc1sccc1CC. The Kier molecular flexibility index (Phi) is 6.31. The van der Waals surface area contributed by atoms with E-state index in [-0.39, 0.29) is 0 Å². The Hall–Kier alpha value is -0.420. The molecule has 3 nitrogen and oxygen atoms in total. The molecule has 0 spiro atoms. The lowest BCUT2D eigenvalue weighted by molar-refractivity contribution is 0.182. The molecule has 1 aliphatic heterocycles. The fourth-order valence-corrected chi connectivity index (χ4v) is 3.51. The van der Waals surface area contributed by atoms with E-state index < -0.39 is 0 Å². The van der Waals surface area contributed by atoms with E-state index in [0.29, 0.717) is 12.0 Å². The molecule has 0 bridgehead atoms. The summed E-state index contributed by atoms with van der Waals surface area (Å²) in [5.41, 5.74) is 1.49. The minimum absolute atomic E-state index is 0.529. The van der Waals surface area contributed by atoms with Gasteiger partial charge in [-0.3, -0.25) is 0 Å². The largest absolute Gasteiger partial charge is 0.379 e. The first-order chi connectivity index (χ1) is 9.35. The third-order valence-electron chi connectivity index (χ3n) is 3.77. The highest BCUT2D eigenvalue weighted by molar-refractivity contribution is 7.10. The van der Waals surface area contributed by atoms with Crippen molar-refractivity contribution in [2.45, 2.75) is 39.3 Å². The predicted octanol–water partition coefficient (Wildman–Crippen LogP) is 2.41. The van der Waals surface area contributed by atoms with Crippen LogP contribution in [0.1, 0.15) is 30.7 Å². The zero-order chi connectivity index (χ0) is 13.5. The molecule has 1 saturated heterocycles. The number of aryl methyl sites for hydroxylation is 1. The summed E-state index contributed by atoms with van der Waals surface area (Å²) in [6.45, 7) is 9.32. The molecule has 2 heterocycles. The highest BCUT2D eigenvalue weighted by Crippen LogP contribution is 2.18. The smallest absolute Gasteiger partial charge is 0.0623 e. The Balaban J connectivity index is 1.72. The molecule has 4 heteroatoms. The third-order valence-corrected chi connectivity index (χ3v) is 4.73. The van der Waals surface area contributed by atoms with E-state index in [2.05, 4.69) is 35.9 Å². The number of hydrogen-bond donors (Lipinski definition) is 2. The van der Waals surface area contributed by atoms with Crippen molar-refractivity contribution in [1.29, 1.82) is 0 Å². The maximum atomic E-state index is 5.60. The van der Waals surface area contributed by atoms with Gasteiger partial charge in [0.2, 0.25) is 0 Å². The van der Waals surface area contributed by atoms with Crippen LogP contribution in [0.5, 0.6) is 0 Å². The second-order valence-electron chi connectivity index (χ2n) is 5.21. The molecule has 2 atom stereocenters. The van der Waals surface area contributed by atoms with Crippen molar-refractivity contribution in [3.63, 3.8) is 0 Å². The van der Waals surface area contributed by atoms with Gasteiger partial charge < -0.3 is 15.4 Å². The molecule has 108 valence electrons. The van der Waals surface area contributed by atoms with E-state index in [9.17, 15) is 0 Å². The van der Waals surface area contributed by atoms with E-state index in [1.165, 1.54) is 16.9 Å². The lowest BCUT2D eigenvalue weighted by Gasteiger charge is -2.19. The molecule has 19 heavy (non-hydrogen) atoms. The van der Waals surface area contributed by atoms with Gasteiger partial charge in [0.05, 0.1) is 13.2 Å². The molecule has 1 aliphatic rings. The molecule has 1 fully saturated rings. The zero-order valence-corrected chi connectivity index (χ0v) is 12.9. The minimum Gasteiger partial charge on any atom is -0.379 e. The molecule has 1 aromatic heterocycles. The van der Waals surface area contributed by atoms with Crippen molar-refractivity contribution in [1.82, 2.24) is 10.6 Å². The number of hydrogen-bond acceptors (Lipinski definition) is 4. The topological polar surface area (TPSA) is 33.3 Å². The second-order valence-corrected chi connectivity index (χ2v) is 6.21. The summed E-state index contributed by atoms with van der Waals surface area (Å²) in [6.07, 6.45) is 2.32. The van der Waals surface area contributed by atoms with Crippen molar-refractivity contribution in [2.75, 3.05) is 26.3 Å². The van der Waals surface area contributed by atoms with Crippen LogP contribution in [0, 0.1) is 5.92 Å². The summed E-state index contributed by atoms with van der Waals surface area (Å²) in [4.78, 5) is 1.49. The quantitative estimate of drug-likeness (QED) is 0.768. The van der Waals surface area contributed by atoms with Crippen molar-refractivity contribution in [3.8, 4) is 0 Å². The predicted molar refractivity (Wildman–Crippen MR) is 81.8 cm³/mol. The monoisotopic (exact) mass is 282 g/mol. The van der Waals surface area contributed by atoms with E-state index in [4.69, 9.17) is 4.74 Å². The molecular weight excluding hydrogens is 256 g/mol. The van der Waals surface area contributed by atoms with Crippen LogP contribution in [0.2, 0.25) is 0 Å². The van der Waals surface area contributed by atoms with Crippen LogP contribution in [-0.2, 0) is 17.7 Å². The van der Waals surface area contributed by atoms with Gasteiger partial charge in [0.1, 0.15) is 0 Å². The van der Waals surface area contributed by atoms with Crippen molar-refractivity contribution >= 4 is 11.3 Å². The molecule has 0 saturated carbocycles. The van der Waals surface area contributed by atoms with Gasteiger partial charge in [-0.1, -0.05) is 13.8 Å². The number of nitrogens with one attached hydrogen (secondary N) is 2. The van der Waals surface area contributed by atoms with Crippen molar-refractivity contribution < 1.29 is 4.74 Å². The zero-order valence-electron chi connectivity index (χ0n) is 12.1.